The molecule has 43 heavy (non-hydrogen) atoms. The number of nitrogens with zero attached hydrogens (tertiary/aromatic N) is 3. The first-order chi connectivity index (χ1) is 21.0. The number of aromatic nitrogens is 1. The largest absolute Gasteiger partial charge is 0.318 e. The lowest BCUT2D eigenvalue weighted by molar-refractivity contribution is -0.124. The van der Waals surface area contributed by atoms with Crippen molar-refractivity contribution >= 4 is 28.9 Å². The third-order valence-electron chi connectivity index (χ3n) is 12.2. The first kappa shape index (κ1) is 28.2. The number of hydrogen-bond acceptors (Lipinski definition) is 3. The molecule has 0 spiro atoms. The molecule has 0 radical (unpaired) electrons. The lowest BCUT2D eigenvalue weighted by atomic mass is 9.48. The zero-order chi connectivity index (χ0) is 29.1. The summed E-state index contributed by atoms with van der Waals surface area (Å²) in [5, 5.41) is 0.976. The van der Waals surface area contributed by atoms with Crippen LogP contribution in [0, 0.1) is 31.6 Å². The van der Waals surface area contributed by atoms with Gasteiger partial charge in [0.25, 0.3) is 5.91 Å². The van der Waals surface area contributed by atoms with Crippen molar-refractivity contribution in [3.05, 3.63) is 57.8 Å². The number of aryl methyl sites for hydroxylation is 1. The maximum atomic E-state index is 14.0. The standard InChI is InChI=1S/C38H49N3OS/c1-25-17-30(21-35-36(42)41(33-11-7-4-8-12-33)37(43-35)39-32-9-5-3-6-10-32)26(2)40(25)34-15-13-31(14-16-34)38-22-27-18-28(23-38)20-29(19-27)24-38/h13-17,21,27-29,32-33H,3-12,18-20,22-24H2,1-2H3. The Morgan fingerprint density at radius 3 is 2.07 bits per heavy atom. The number of carbonyl (C=O) groups excluding carboxylic acids is 1. The number of amides is 1. The number of benzene rings is 1. The Labute approximate surface area is 262 Å². The lowest BCUT2D eigenvalue weighted by Crippen LogP contribution is -2.48. The van der Waals surface area contributed by atoms with Crippen LogP contribution in [0.15, 0.2) is 40.2 Å². The zero-order valence-electron chi connectivity index (χ0n) is 26.3. The van der Waals surface area contributed by atoms with Crippen LogP contribution in [-0.2, 0) is 10.2 Å². The lowest BCUT2D eigenvalue weighted by Gasteiger charge is -2.57. The average Bonchev–Trinajstić information content (AvgIpc) is 3.46. The van der Waals surface area contributed by atoms with Crippen LogP contribution in [0.1, 0.15) is 125 Å². The minimum atomic E-state index is 0.177. The molecule has 4 bridgehead atoms. The summed E-state index contributed by atoms with van der Waals surface area (Å²) in [5.41, 5.74) is 6.85. The molecule has 6 saturated carbocycles. The fourth-order valence-corrected chi connectivity index (χ4v) is 11.6. The highest BCUT2D eigenvalue weighted by Crippen LogP contribution is 2.60. The highest BCUT2D eigenvalue weighted by molar-refractivity contribution is 8.18. The van der Waals surface area contributed by atoms with Crippen LogP contribution in [0.5, 0.6) is 0 Å². The molecule has 228 valence electrons. The summed E-state index contributed by atoms with van der Waals surface area (Å²) in [6, 6.07) is 12.6. The van der Waals surface area contributed by atoms with E-state index in [2.05, 4.69) is 59.7 Å². The fraction of sp³-hybridized carbons (Fsp3) is 0.632. The minimum absolute atomic E-state index is 0.177. The Bertz CT molecular complexity index is 1400. The number of thioether (sulfide) groups is 1. The van der Waals surface area contributed by atoms with Gasteiger partial charge in [0, 0.05) is 23.1 Å². The molecule has 2 heterocycles. The molecule has 2 aromatic rings. The summed E-state index contributed by atoms with van der Waals surface area (Å²) in [6.07, 6.45) is 23.0. The molecular weight excluding hydrogens is 547 g/mol. The number of hydrogen-bond donors (Lipinski definition) is 0. The van der Waals surface area contributed by atoms with Crippen LogP contribution >= 0.6 is 11.8 Å². The smallest absolute Gasteiger partial charge is 0.267 e. The second-order valence-electron chi connectivity index (χ2n) is 15.2. The molecule has 0 unspecified atom stereocenters. The summed E-state index contributed by atoms with van der Waals surface area (Å²) in [6.45, 7) is 4.42. The normalized spacial score (nSPS) is 33.4. The van der Waals surface area contributed by atoms with Crippen LogP contribution in [-0.4, -0.2) is 32.6 Å². The highest BCUT2D eigenvalue weighted by Gasteiger charge is 2.51. The van der Waals surface area contributed by atoms with E-state index in [1.54, 1.807) is 17.3 Å². The Balaban J connectivity index is 1.07. The van der Waals surface area contributed by atoms with Crippen molar-refractivity contribution in [1.82, 2.24) is 9.47 Å². The number of aliphatic imine (C=N–C) groups is 1. The summed E-state index contributed by atoms with van der Waals surface area (Å²) in [4.78, 5) is 22.2. The van der Waals surface area contributed by atoms with Gasteiger partial charge in [-0.2, -0.15) is 0 Å². The van der Waals surface area contributed by atoms with Gasteiger partial charge in [0.1, 0.15) is 0 Å². The van der Waals surface area contributed by atoms with Crippen LogP contribution < -0.4 is 0 Å². The molecule has 1 aliphatic heterocycles. The molecule has 9 rings (SSSR count). The minimum Gasteiger partial charge on any atom is -0.318 e. The summed E-state index contributed by atoms with van der Waals surface area (Å²) >= 11 is 1.64. The summed E-state index contributed by atoms with van der Waals surface area (Å²) in [5.74, 6) is 3.08. The maximum Gasteiger partial charge on any atom is 0.267 e. The van der Waals surface area contributed by atoms with Crippen LogP contribution in [0.4, 0.5) is 0 Å². The van der Waals surface area contributed by atoms with E-state index in [1.165, 1.54) is 107 Å². The molecule has 0 atom stereocenters. The number of amidine groups is 1. The monoisotopic (exact) mass is 595 g/mol. The average molecular weight is 596 g/mol. The van der Waals surface area contributed by atoms with Gasteiger partial charge >= 0.3 is 0 Å². The van der Waals surface area contributed by atoms with Crippen molar-refractivity contribution in [2.75, 3.05) is 0 Å². The molecule has 4 nitrogen and oxygen atoms in total. The van der Waals surface area contributed by atoms with Crippen LogP contribution in [0.25, 0.3) is 11.8 Å². The van der Waals surface area contributed by atoms with Gasteiger partial charge in [0.2, 0.25) is 0 Å². The Kier molecular flexibility index (Phi) is 7.39. The predicted molar refractivity (Wildman–Crippen MR) is 179 cm³/mol. The third kappa shape index (κ3) is 5.16. The van der Waals surface area contributed by atoms with Gasteiger partial charge in [-0.1, -0.05) is 50.7 Å². The second kappa shape index (κ2) is 11.3. The Morgan fingerprint density at radius 2 is 1.44 bits per heavy atom. The maximum absolute atomic E-state index is 14.0. The second-order valence-corrected chi connectivity index (χ2v) is 16.2. The van der Waals surface area contributed by atoms with Gasteiger partial charge < -0.3 is 4.57 Å². The quantitative estimate of drug-likeness (QED) is 0.323. The molecule has 1 amide bonds. The van der Waals surface area contributed by atoms with Crippen molar-refractivity contribution in [1.29, 1.82) is 0 Å². The molecule has 5 heteroatoms. The fourth-order valence-electron chi connectivity index (χ4n) is 10.5. The topological polar surface area (TPSA) is 37.6 Å². The summed E-state index contributed by atoms with van der Waals surface area (Å²) in [7, 11) is 0. The van der Waals surface area contributed by atoms with Crippen molar-refractivity contribution < 1.29 is 4.79 Å². The van der Waals surface area contributed by atoms with Gasteiger partial charge in [-0.25, -0.2) is 0 Å². The van der Waals surface area contributed by atoms with E-state index < -0.39 is 0 Å². The molecule has 1 aromatic carbocycles. The van der Waals surface area contributed by atoms with Crippen molar-refractivity contribution in [2.45, 2.75) is 134 Å². The van der Waals surface area contributed by atoms with Crippen LogP contribution in [0.3, 0.4) is 0 Å². The molecule has 6 aliphatic carbocycles. The molecule has 1 aromatic heterocycles. The molecule has 1 saturated heterocycles. The van der Waals surface area contributed by atoms with E-state index in [-0.39, 0.29) is 5.91 Å². The Morgan fingerprint density at radius 1 is 0.837 bits per heavy atom. The van der Waals surface area contributed by atoms with Gasteiger partial charge in [0.15, 0.2) is 5.17 Å². The first-order valence-corrected chi connectivity index (χ1v) is 18.4. The van der Waals surface area contributed by atoms with Gasteiger partial charge in [0.05, 0.1) is 10.9 Å². The van der Waals surface area contributed by atoms with E-state index in [0.29, 0.717) is 17.5 Å². The molecular formula is C38H49N3OS. The number of rotatable bonds is 5. The van der Waals surface area contributed by atoms with Crippen molar-refractivity contribution in [2.24, 2.45) is 22.7 Å². The van der Waals surface area contributed by atoms with Gasteiger partial charge in [-0.3, -0.25) is 14.7 Å². The molecule has 7 aliphatic rings. The first-order valence-electron chi connectivity index (χ1n) is 17.6. The SMILES string of the molecule is Cc1cc(C=C2SC(=NC3CCCCC3)N(C3CCCCC3)C2=O)c(C)n1-c1ccc(C23CC4CC(CC(C4)C2)C3)cc1. The molecule has 0 N–H and O–H groups in total. The van der Waals surface area contributed by atoms with Gasteiger partial charge in [-0.05, 0) is 148 Å². The predicted octanol–water partition coefficient (Wildman–Crippen LogP) is 9.50. The Hall–Kier alpha value is -2.27. The highest BCUT2D eigenvalue weighted by atomic mass is 32.2. The zero-order valence-corrected chi connectivity index (χ0v) is 27.1. The van der Waals surface area contributed by atoms with Crippen molar-refractivity contribution in [3.8, 4) is 5.69 Å². The number of carbonyl (C=O) groups is 1. The van der Waals surface area contributed by atoms with E-state index in [0.717, 1.165) is 46.2 Å². The van der Waals surface area contributed by atoms with Crippen LogP contribution in [0.2, 0.25) is 0 Å². The third-order valence-corrected chi connectivity index (χ3v) is 13.2. The molecule has 7 fully saturated rings. The summed E-state index contributed by atoms with van der Waals surface area (Å²) < 4.78 is 2.38. The van der Waals surface area contributed by atoms with E-state index in [1.807, 2.05) is 0 Å². The van der Waals surface area contributed by atoms with Gasteiger partial charge in [-0.15, -0.1) is 0 Å². The van der Waals surface area contributed by atoms with E-state index in [4.69, 9.17) is 4.99 Å². The van der Waals surface area contributed by atoms with Crippen molar-refractivity contribution in [3.63, 3.8) is 0 Å². The van der Waals surface area contributed by atoms with E-state index >= 15 is 0 Å². The van der Waals surface area contributed by atoms with E-state index in [9.17, 15) is 4.79 Å².